The second kappa shape index (κ2) is 7.86. The third kappa shape index (κ3) is 3.17. The monoisotopic (exact) mass is 413 g/mol. The molecule has 140 valence electrons. The molecule has 0 fully saturated rings. The maximum absolute atomic E-state index is 3.16. The molecule has 24 heavy (non-hydrogen) atoms. The van der Waals surface area contributed by atoms with Crippen LogP contribution in [0.25, 0.3) is 0 Å². The van der Waals surface area contributed by atoms with Gasteiger partial charge in [0.15, 0.2) is 0 Å². The van der Waals surface area contributed by atoms with Crippen molar-refractivity contribution >= 4 is 0 Å². The molecule has 0 aliphatic heterocycles. The third-order valence-electron chi connectivity index (χ3n) is 5.82. The Bertz CT molecular complexity index is 479. The summed E-state index contributed by atoms with van der Waals surface area (Å²) in [5.41, 5.74) is 3.17. The molecule has 4 heteroatoms. The topological polar surface area (TPSA) is 9.72 Å². The summed E-state index contributed by atoms with van der Waals surface area (Å²) in [5.74, 6) is 1.72. The van der Waals surface area contributed by atoms with Gasteiger partial charge in [-0.2, -0.15) is 0 Å². The van der Waals surface area contributed by atoms with Crippen molar-refractivity contribution in [3.05, 3.63) is 23.3 Å². The van der Waals surface area contributed by atoms with Crippen molar-refractivity contribution in [2.24, 2.45) is 17.8 Å². The number of hydrogen-bond donors (Lipinski definition) is 0. The SMILES string of the molecule is CC(C)C1=C[C](C(C)C)([Zr]([N](C)C)([N](C)C)[N](C)C)C(C(C)C)=C1. The molecule has 0 heterocycles. The fourth-order valence-corrected chi connectivity index (χ4v) is 21.1. The Morgan fingerprint density at radius 2 is 1.17 bits per heavy atom. The molecule has 0 amide bonds. The first-order valence-electron chi connectivity index (χ1n) is 9.34. The normalized spacial score (nSPS) is 22.6. The van der Waals surface area contributed by atoms with Gasteiger partial charge < -0.3 is 0 Å². The van der Waals surface area contributed by atoms with Crippen LogP contribution in [0.15, 0.2) is 23.3 Å². The average molecular weight is 415 g/mol. The standard InChI is InChI=1S/C14H23.3C2H6N.Zr/c1-9(2)12-7-13(10(3)4)14(8-12)11(5)6;3*1-3-2;/h7-11H,1-6H3;3*1-2H3;/q;3*-1;+3. The summed E-state index contributed by atoms with van der Waals surface area (Å²) in [4.78, 5) is 0. The van der Waals surface area contributed by atoms with Gasteiger partial charge in [-0.1, -0.05) is 0 Å². The van der Waals surface area contributed by atoms with E-state index in [1.54, 1.807) is 5.57 Å². The van der Waals surface area contributed by atoms with Crippen LogP contribution < -0.4 is 0 Å². The quantitative estimate of drug-likeness (QED) is 0.604. The van der Waals surface area contributed by atoms with E-state index >= 15 is 0 Å². The molecule has 1 rings (SSSR count). The predicted molar refractivity (Wildman–Crippen MR) is 104 cm³/mol. The molecule has 0 saturated heterocycles. The summed E-state index contributed by atoms with van der Waals surface area (Å²) in [7, 11) is 13.8. The van der Waals surface area contributed by atoms with E-state index in [-0.39, 0.29) is 3.12 Å². The first kappa shape index (κ1) is 22.3. The number of hydrogen-bond acceptors (Lipinski definition) is 3. The van der Waals surface area contributed by atoms with Crippen LogP contribution in [0.1, 0.15) is 41.5 Å². The van der Waals surface area contributed by atoms with Gasteiger partial charge in [-0.3, -0.25) is 0 Å². The van der Waals surface area contributed by atoms with Gasteiger partial charge in [0.25, 0.3) is 0 Å². The molecule has 0 N–H and O–H groups in total. The number of rotatable bonds is 7. The Balaban J connectivity index is 3.91. The molecule has 1 aliphatic rings. The van der Waals surface area contributed by atoms with E-state index in [1.165, 1.54) is 5.57 Å². The van der Waals surface area contributed by atoms with Gasteiger partial charge >= 0.3 is 158 Å². The van der Waals surface area contributed by atoms with Crippen molar-refractivity contribution in [3.8, 4) is 0 Å². The molecule has 3 nitrogen and oxygen atoms in total. The summed E-state index contributed by atoms with van der Waals surface area (Å²) < 4.78 is 7.96. The van der Waals surface area contributed by atoms with Crippen molar-refractivity contribution in [2.75, 3.05) is 42.3 Å². The van der Waals surface area contributed by atoms with Crippen LogP contribution in [0.2, 0.25) is 3.12 Å². The minimum atomic E-state index is -3.16. The van der Waals surface area contributed by atoms with Crippen molar-refractivity contribution in [1.29, 1.82) is 0 Å². The summed E-state index contributed by atoms with van der Waals surface area (Å²) >= 11 is -3.16. The van der Waals surface area contributed by atoms with Gasteiger partial charge in [0, 0.05) is 0 Å². The molecular weight excluding hydrogens is 373 g/mol. The second-order valence-electron chi connectivity index (χ2n) is 8.90. The fraction of sp³-hybridized carbons (Fsp3) is 0.800. The van der Waals surface area contributed by atoms with E-state index in [9.17, 15) is 0 Å². The van der Waals surface area contributed by atoms with Crippen molar-refractivity contribution in [2.45, 2.75) is 44.7 Å². The van der Waals surface area contributed by atoms with E-state index in [2.05, 4.69) is 105 Å². The zero-order chi connectivity index (χ0) is 19.0. The predicted octanol–water partition coefficient (Wildman–Crippen LogP) is 4.56. The molecule has 0 aromatic carbocycles. The van der Waals surface area contributed by atoms with Crippen LogP contribution in [-0.2, 0) is 21.1 Å². The molecule has 0 radical (unpaired) electrons. The summed E-state index contributed by atoms with van der Waals surface area (Å²) in [6, 6.07) is 0. The van der Waals surface area contributed by atoms with Crippen molar-refractivity contribution in [3.63, 3.8) is 0 Å². The Morgan fingerprint density at radius 3 is 1.42 bits per heavy atom. The van der Waals surface area contributed by atoms with Crippen molar-refractivity contribution in [1.82, 2.24) is 8.53 Å². The van der Waals surface area contributed by atoms with Crippen molar-refractivity contribution < 1.29 is 21.1 Å². The molecule has 1 unspecified atom stereocenters. The van der Waals surface area contributed by atoms with Gasteiger partial charge in [0.2, 0.25) is 0 Å². The molecule has 0 aromatic heterocycles. The zero-order valence-electron chi connectivity index (χ0n) is 18.2. The number of nitrogens with zero attached hydrogens (tertiary/aromatic N) is 3. The Hall–Kier alpha value is 0.243. The Morgan fingerprint density at radius 1 is 0.750 bits per heavy atom. The first-order chi connectivity index (χ1) is 10.9. The van der Waals surface area contributed by atoms with Gasteiger partial charge in [-0.25, -0.2) is 0 Å². The van der Waals surface area contributed by atoms with Crippen LogP contribution in [0.4, 0.5) is 0 Å². The molecule has 1 atom stereocenters. The fourth-order valence-electron chi connectivity index (χ4n) is 5.15. The molecule has 0 bridgehead atoms. The average Bonchev–Trinajstić information content (AvgIpc) is 2.80. The minimum absolute atomic E-state index is 0.152. The molecule has 0 saturated carbocycles. The molecule has 0 aromatic rings. The van der Waals surface area contributed by atoms with Gasteiger partial charge in [-0.15, -0.1) is 0 Å². The van der Waals surface area contributed by atoms with E-state index in [4.69, 9.17) is 0 Å². The van der Waals surface area contributed by atoms with Gasteiger partial charge in [-0.05, 0) is 0 Å². The van der Waals surface area contributed by atoms with Crippen LogP contribution >= 0.6 is 0 Å². The first-order valence-corrected chi connectivity index (χ1v) is 13.9. The van der Waals surface area contributed by atoms with Crippen LogP contribution in [0, 0.1) is 17.8 Å². The van der Waals surface area contributed by atoms with Crippen LogP contribution in [0.3, 0.4) is 0 Å². The maximum atomic E-state index is 2.67. The molecule has 1 aliphatic carbocycles. The summed E-state index contributed by atoms with van der Waals surface area (Å²) in [6.07, 6.45) is 5.21. The van der Waals surface area contributed by atoms with Crippen LogP contribution in [0.5, 0.6) is 0 Å². The summed E-state index contributed by atoms with van der Waals surface area (Å²) in [6.45, 7) is 14.3. The van der Waals surface area contributed by atoms with Crippen LogP contribution in [-0.4, -0.2) is 50.8 Å². The van der Waals surface area contributed by atoms with E-state index in [0.29, 0.717) is 17.8 Å². The van der Waals surface area contributed by atoms with Gasteiger partial charge in [0.1, 0.15) is 0 Å². The van der Waals surface area contributed by atoms with Gasteiger partial charge in [0.05, 0.1) is 0 Å². The third-order valence-corrected chi connectivity index (χ3v) is 20.2. The zero-order valence-corrected chi connectivity index (χ0v) is 20.7. The second-order valence-corrected chi connectivity index (χ2v) is 20.6. The molecular formula is C20H41N3Zr. The molecule has 0 spiro atoms. The Kier molecular flexibility index (Phi) is 7.30. The van der Waals surface area contributed by atoms with E-state index in [1.807, 2.05) is 0 Å². The van der Waals surface area contributed by atoms with E-state index in [0.717, 1.165) is 0 Å². The number of allylic oxidation sites excluding steroid dienone is 4. The van der Waals surface area contributed by atoms with E-state index < -0.39 is 21.1 Å². The summed E-state index contributed by atoms with van der Waals surface area (Å²) in [5, 5.41) is 0. The Labute approximate surface area is 157 Å².